The van der Waals surface area contributed by atoms with Gasteiger partial charge in [-0.1, -0.05) is 26.7 Å². The topological polar surface area (TPSA) is 29.1 Å². The van der Waals surface area contributed by atoms with E-state index in [4.69, 9.17) is 0 Å². The summed E-state index contributed by atoms with van der Waals surface area (Å²) >= 11 is 0. The van der Waals surface area contributed by atoms with Gasteiger partial charge in [-0.25, -0.2) is 0 Å². The smallest absolute Gasteiger partial charge is 0.149 e. The van der Waals surface area contributed by atoms with Gasteiger partial charge in [0, 0.05) is 6.42 Å². The molecule has 2 nitrogen and oxygen atoms in total. The predicted octanol–water partition coefficient (Wildman–Crippen LogP) is 2.52. The van der Waals surface area contributed by atoms with Crippen LogP contribution >= 0.6 is 0 Å². The summed E-state index contributed by atoms with van der Waals surface area (Å²) in [4.78, 5) is 11.7. The number of Topliss-reactive ketones (excluding diaryl/α,β-unsaturated/α-hetero) is 1. The highest BCUT2D eigenvalue weighted by atomic mass is 16.1. The van der Waals surface area contributed by atoms with Gasteiger partial charge in [-0.3, -0.25) is 4.79 Å². The highest BCUT2D eigenvalue weighted by molar-refractivity contribution is 5.84. The van der Waals surface area contributed by atoms with Gasteiger partial charge in [0.15, 0.2) is 0 Å². The van der Waals surface area contributed by atoms with Crippen LogP contribution in [0.15, 0.2) is 0 Å². The molecule has 0 aromatic heterocycles. The quantitative estimate of drug-likeness (QED) is 0.733. The van der Waals surface area contributed by atoms with Crippen LogP contribution in [0, 0.1) is 5.92 Å². The summed E-state index contributed by atoms with van der Waals surface area (Å²) in [5.41, 5.74) is 0. The zero-order chi connectivity index (χ0) is 10.4. The zero-order valence-corrected chi connectivity index (χ0v) is 9.51. The van der Waals surface area contributed by atoms with Gasteiger partial charge in [-0.05, 0) is 31.7 Å². The van der Waals surface area contributed by atoms with Crippen LogP contribution in [0.5, 0.6) is 0 Å². The van der Waals surface area contributed by atoms with Crippen LogP contribution in [-0.2, 0) is 4.79 Å². The second kappa shape index (κ2) is 6.18. The summed E-state index contributed by atoms with van der Waals surface area (Å²) in [6.07, 6.45) is 6.52. The lowest BCUT2D eigenvalue weighted by atomic mass is 9.96. The first kappa shape index (κ1) is 11.7. The van der Waals surface area contributed by atoms with Gasteiger partial charge in [-0.2, -0.15) is 0 Å². The minimum atomic E-state index is 0.177. The molecule has 2 heteroatoms. The average molecular weight is 197 g/mol. The van der Waals surface area contributed by atoms with Crippen LogP contribution in [0.2, 0.25) is 0 Å². The number of piperidine rings is 1. The van der Waals surface area contributed by atoms with E-state index in [1.54, 1.807) is 0 Å². The Morgan fingerprint density at radius 1 is 1.43 bits per heavy atom. The van der Waals surface area contributed by atoms with Gasteiger partial charge in [0.05, 0.1) is 6.04 Å². The molecule has 1 aliphatic rings. The van der Waals surface area contributed by atoms with Crippen molar-refractivity contribution in [2.75, 3.05) is 6.54 Å². The molecule has 1 aliphatic heterocycles. The lowest BCUT2D eigenvalue weighted by Gasteiger charge is -2.22. The SMILES string of the molecule is CC(C)CCCC(=O)C1CCCCN1. The Bertz CT molecular complexity index is 171. The summed E-state index contributed by atoms with van der Waals surface area (Å²) in [6, 6.07) is 0.177. The van der Waals surface area contributed by atoms with Crippen molar-refractivity contribution in [1.29, 1.82) is 0 Å². The molecule has 0 bridgehead atoms. The molecular weight excluding hydrogens is 174 g/mol. The van der Waals surface area contributed by atoms with Crippen LogP contribution in [-0.4, -0.2) is 18.4 Å². The second-order valence-corrected chi connectivity index (χ2v) is 4.75. The van der Waals surface area contributed by atoms with Gasteiger partial charge in [0.25, 0.3) is 0 Å². The maximum absolute atomic E-state index is 11.7. The molecule has 0 aliphatic carbocycles. The molecule has 1 rings (SSSR count). The fraction of sp³-hybridized carbons (Fsp3) is 0.917. The van der Waals surface area contributed by atoms with E-state index in [1.807, 2.05) is 0 Å². The predicted molar refractivity (Wildman–Crippen MR) is 59.3 cm³/mol. The first-order valence-corrected chi connectivity index (χ1v) is 5.96. The van der Waals surface area contributed by atoms with Crippen molar-refractivity contribution < 1.29 is 4.79 Å². The first-order chi connectivity index (χ1) is 6.70. The minimum absolute atomic E-state index is 0.177. The average Bonchev–Trinajstić information content (AvgIpc) is 2.18. The van der Waals surface area contributed by atoms with Crippen LogP contribution in [0.3, 0.4) is 0 Å². The van der Waals surface area contributed by atoms with E-state index < -0.39 is 0 Å². The van der Waals surface area contributed by atoms with Crippen molar-refractivity contribution in [2.45, 2.75) is 58.4 Å². The van der Waals surface area contributed by atoms with Crippen LogP contribution in [0.1, 0.15) is 52.4 Å². The number of carbonyl (C=O) groups is 1. The zero-order valence-electron chi connectivity index (χ0n) is 9.51. The van der Waals surface area contributed by atoms with E-state index in [-0.39, 0.29) is 6.04 Å². The number of hydrogen-bond acceptors (Lipinski definition) is 2. The number of hydrogen-bond donors (Lipinski definition) is 1. The van der Waals surface area contributed by atoms with Gasteiger partial charge < -0.3 is 5.32 Å². The van der Waals surface area contributed by atoms with E-state index >= 15 is 0 Å². The minimum Gasteiger partial charge on any atom is -0.307 e. The fourth-order valence-corrected chi connectivity index (χ4v) is 1.99. The van der Waals surface area contributed by atoms with E-state index in [0.717, 1.165) is 31.7 Å². The van der Waals surface area contributed by atoms with Crippen molar-refractivity contribution in [3.63, 3.8) is 0 Å². The molecule has 1 saturated heterocycles. The van der Waals surface area contributed by atoms with E-state index in [0.29, 0.717) is 5.78 Å². The fourth-order valence-electron chi connectivity index (χ4n) is 1.99. The Hall–Kier alpha value is -0.370. The van der Waals surface area contributed by atoms with E-state index in [1.165, 1.54) is 19.3 Å². The number of rotatable bonds is 5. The highest BCUT2D eigenvalue weighted by Gasteiger charge is 2.19. The van der Waals surface area contributed by atoms with Crippen LogP contribution < -0.4 is 5.32 Å². The Morgan fingerprint density at radius 3 is 2.79 bits per heavy atom. The lowest BCUT2D eigenvalue weighted by molar-refractivity contribution is -0.121. The molecule has 0 radical (unpaired) electrons. The molecule has 0 amide bonds. The van der Waals surface area contributed by atoms with Gasteiger partial charge >= 0.3 is 0 Å². The molecule has 1 heterocycles. The molecule has 14 heavy (non-hydrogen) atoms. The Kier molecular flexibility index (Phi) is 5.16. The molecule has 1 atom stereocenters. The third kappa shape index (κ3) is 4.23. The summed E-state index contributed by atoms with van der Waals surface area (Å²) in [5.74, 6) is 1.16. The maximum atomic E-state index is 11.7. The molecular formula is C12H23NO. The molecule has 0 aromatic rings. The van der Waals surface area contributed by atoms with E-state index in [2.05, 4.69) is 19.2 Å². The summed E-state index contributed by atoms with van der Waals surface area (Å²) in [5, 5.41) is 3.31. The molecule has 0 aromatic carbocycles. The Balaban J connectivity index is 2.13. The largest absolute Gasteiger partial charge is 0.307 e. The Morgan fingerprint density at radius 2 is 2.21 bits per heavy atom. The molecule has 1 unspecified atom stereocenters. The lowest BCUT2D eigenvalue weighted by Crippen LogP contribution is -2.40. The monoisotopic (exact) mass is 197 g/mol. The maximum Gasteiger partial charge on any atom is 0.149 e. The third-order valence-corrected chi connectivity index (χ3v) is 2.90. The molecule has 0 spiro atoms. The summed E-state index contributed by atoms with van der Waals surface area (Å²) < 4.78 is 0. The number of carbonyl (C=O) groups excluding carboxylic acids is 1. The normalized spacial score (nSPS) is 22.6. The number of nitrogens with one attached hydrogen (secondary N) is 1. The Labute approximate surface area is 87.5 Å². The standard InChI is InChI=1S/C12H23NO/c1-10(2)6-5-8-12(14)11-7-3-4-9-13-11/h10-11,13H,3-9H2,1-2H3. The van der Waals surface area contributed by atoms with Crippen molar-refractivity contribution in [3.8, 4) is 0 Å². The highest BCUT2D eigenvalue weighted by Crippen LogP contribution is 2.12. The van der Waals surface area contributed by atoms with Crippen molar-refractivity contribution in [1.82, 2.24) is 5.32 Å². The summed E-state index contributed by atoms with van der Waals surface area (Å²) in [7, 11) is 0. The summed E-state index contributed by atoms with van der Waals surface area (Å²) in [6.45, 7) is 5.45. The van der Waals surface area contributed by atoms with Crippen molar-refractivity contribution in [3.05, 3.63) is 0 Å². The molecule has 1 fully saturated rings. The first-order valence-electron chi connectivity index (χ1n) is 5.96. The van der Waals surface area contributed by atoms with Crippen molar-refractivity contribution in [2.24, 2.45) is 5.92 Å². The van der Waals surface area contributed by atoms with Gasteiger partial charge in [0.2, 0.25) is 0 Å². The third-order valence-electron chi connectivity index (χ3n) is 2.90. The van der Waals surface area contributed by atoms with Crippen molar-refractivity contribution >= 4 is 5.78 Å². The molecule has 1 N–H and O–H groups in total. The van der Waals surface area contributed by atoms with Crippen LogP contribution in [0.4, 0.5) is 0 Å². The van der Waals surface area contributed by atoms with E-state index in [9.17, 15) is 4.79 Å². The second-order valence-electron chi connectivity index (χ2n) is 4.75. The molecule has 82 valence electrons. The number of ketones is 1. The van der Waals surface area contributed by atoms with Crippen LogP contribution in [0.25, 0.3) is 0 Å². The van der Waals surface area contributed by atoms with Gasteiger partial charge in [-0.15, -0.1) is 0 Å². The molecule has 0 saturated carbocycles. The van der Waals surface area contributed by atoms with Gasteiger partial charge in [0.1, 0.15) is 5.78 Å².